The van der Waals surface area contributed by atoms with Gasteiger partial charge in [-0.1, -0.05) is 11.6 Å². The summed E-state index contributed by atoms with van der Waals surface area (Å²) in [6.07, 6.45) is 2.11. The highest BCUT2D eigenvalue weighted by Crippen LogP contribution is 2.51. The van der Waals surface area contributed by atoms with Crippen molar-refractivity contribution in [2.45, 2.75) is 31.4 Å². The Morgan fingerprint density at radius 2 is 1.97 bits per heavy atom. The zero-order valence-electron chi connectivity index (χ0n) is 18.6. The first-order valence-electron chi connectivity index (χ1n) is 11.1. The molecular formula is C24H26ClNO7. The molecule has 9 heteroatoms. The van der Waals surface area contributed by atoms with E-state index in [1.807, 2.05) is 0 Å². The molecule has 2 aliphatic heterocycles. The molecule has 0 spiro atoms. The SMILES string of the molecule is COCCCOc1cc2c(cc1Cl)-c1c(cc(C(=O)OC)c(=O)n1C1CC1)C(C1COC1)O2. The molecule has 2 fully saturated rings. The van der Waals surface area contributed by atoms with Gasteiger partial charge in [-0.25, -0.2) is 4.79 Å². The van der Waals surface area contributed by atoms with Crippen LogP contribution in [0.15, 0.2) is 23.0 Å². The predicted octanol–water partition coefficient (Wildman–Crippen LogP) is 3.79. The Kier molecular flexibility index (Phi) is 6.07. The fourth-order valence-corrected chi connectivity index (χ4v) is 4.61. The Morgan fingerprint density at radius 3 is 2.61 bits per heavy atom. The molecule has 1 saturated heterocycles. The number of hydrogen-bond donors (Lipinski definition) is 0. The number of carbonyl (C=O) groups excluding carboxylic acids is 1. The third-order valence-electron chi connectivity index (χ3n) is 6.27. The van der Waals surface area contributed by atoms with E-state index in [-0.39, 0.29) is 29.2 Å². The van der Waals surface area contributed by atoms with Crippen LogP contribution < -0.4 is 15.0 Å². The molecule has 1 aromatic carbocycles. The lowest BCUT2D eigenvalue weighted by atomic mass is 9.87. The van der Waals surface area contributed by atoms with Gasteiger partial charge in [0, 0.05) is 49.3 Å². The highest BCUT2D eigenvalue weighted by atomic mass is 35.5. The second-order valence-corrected chi connectivity index (χ2v) is 8.98. The molecule has 3 aliphatic rings. The van der Waals surface area contributed by atoms with Gasteiger partial charge in [0.2, 0.25) is 0 Å². The van der Waals surface area contributed by atoms with Gasteiger partial charge in [0.1, 0.15) is 23.2 Å². The van der Waals surface area contributed by atoms with Crippen LogP contribution in [0.2, 0.25) is 5.02 Å². The molecule has 1 atom stereocenters. The van der Waals surface area contributed by atoms with Crippen LogP contribution in [0.25, 0.3) is 11.3 Å². The topological polar surface area (TPSA) is 85.2 Å². The Balaban J connectivity index is 1.65. The minimum atomic E-state index is -0.649. The average Bonchev–Trinajstić information content (AvgIpc) is 3.60. The van der Waals surface area contributed by atoms with Gasteiger partial charge in [0.05, 0.1) is 37.6 Å². The lowest BCUT2D eigenvalue weighted by Crippen LogP contribution is -2.39. The number of halogens is 1. The first kappa shape index (κ1) is 22.3. The molecule has 1 saturated carbocycles. The van der Waals surface area contributed by atoms with Gasteiger partial charge in [0.15, 0.2) is 0 Å². The Morgan fingerprint density at radius 1 is 1.18 bits per heavy atom. The predicted molar refractivity (Wildman–Crippen MR) is 120 cm³/mol. The van der Waals surface area contributed by atoms with Gasteiger partial charge in [0.25, 0.3) is 5.56 Å². The molecule has 3 heterocycles. The van der Waals surface area contributed by atoms with Crippen molar-refractivity contribution in [3.8, 4) is 22.8 Å². The summed E-state index contributed by atoms with van der Waals surface area (Å²) in [4.78, 5) is 25.8. The molecule has 0 bridgehead atoms. The summed E-state index contributed by atoms with van der Waals surface area (Å²) in [6, 6.07) is 5.22. The number of pyridine rings is 1. The maximum atomic E-state index is 13.4. The van der Waals surface area contributed by atoms with Crippen molar-refractivity contribution in [1.82, 2.24) is 4.57 Å². The number of aromatic nitrogens is 1. The van der Waals surface area contributed by atoms with Crippen LogP contribution >= 0.6 is 11.6 Å². The smallest absolute Gasteiger partial charge is 0.343 e. The first-order chi connectivity index (χ1) is 16.0. The summed E-state index contributed by atoms with van der Waals surface area (Å²) in [6.45, 7) is 2.14. The summed E-state index contributed by atoms with van der Waals surface area (Å²) >= 11 is 6.58. The lowest BCUT2D eigenvalue weighted by molar-refractivity contribution is -0.0852. The maximum absolute atomic E-state index is 13.4. The van der Waals surface area contributed by atoms with Crippen molar-refractivity contribution < 1.29 is 28.5 Å². The zero-order chi connectivity index (χ0) is 23.1. The Hall–Kier alpha value is -2.55. The molecule has 0 amide bonds. The quantitative estimate of drug-likeness (QED) is 0.424. The van der Waals surface area contributed by atoms with Crippen LogP contribution in [-0.2, 0) is 14.2 Å². The standard InChI is InChI=1S/C24H26ClNO7/c1-29-6-3-7-32-20-10-19-15(9-18(20)25)21-16(22(33-19)13-11-31-12-13)8-17(24(28)30-2)23(27)26(21)14-4-5-14/h8-10,13-14,22H,3-7,11-12H2,1-2H3. The summed E-state index contributed by atoms with van der Waals surface area (Å²) in [7, 11) is 2.92. The monoisotopic (exact) mass is 475 g/mol. The Labute approximate surface area is 196 Å². The van der Waals surface area contributed by atoms with E-state index in [1.165, 1.54) is 7.11 Å². The average molecular weight is 476 g/mol. The summed E-state index contributed by atoms with van der Waals surface area (Å²) < 4.78 is 29.4. The van der Waals surface area contributed by atoms with E-state index in [4.69, 9.17) is 35.3 Å². The van der Waals surface area contributed by atoms with E-state index in [2.05, 4.69) is 0 Å². The summed E-state index contributed by atoms with van der Waals surface area (Å²) in [5.74, 6) is 0.578. The van der Waals surface area contributed by atoms with Gasteiger partial charge < -0.3 is 28.3 Å². The van der Waals surface area contributed by atoms with E-state index < -0.39 is 5.97 Å². The third kappa shape index (κ3) is 4.00. The highest BCUT2D eigenvalue weighted by molar-refractivity contribution is 6.32. The number of hydrogen-bond acceptors (Lipinski definition) is 7. The summed E-state index contributed by atoms with van der Waals surface area (Å²) in [5.41, 5.74) is 1.92. The highest BCUT2D eigenvalue weighted by Gasteiger charge is 2.41. The number of carbonyl (C=O) groups is 1. The number of methoxy groups -OCH3 is 2. The molecule has 0 N–H and O–H groups in total. The number of ether oxygens (including phenoxy) is 5. The molecule has 5 rings (SSSR count). The van der Waals surface area contributed by atoms with Crippen LogP contribution in [0.3, 0.4) is 0 Å². The first-order valence-corrected chi connectivity index (χ1v) is 11.5. The van der Waals surface area contributed by atoms with Crippen molar-refractivity contribution in [3.05, 3.63) is 44.7 Å². The fraction of sp³-hybridized carbons (Fsp3) is 0.500. The number of esters is 1. The second kappa shape index (κ2) is 9.00. The lowest BCUT2D eigenvalue weighted by Gasteiger charge is -2.39. The van der Waals surface area contributed by atoms with E-state index in [0.717, 1.165) is 36.1 Å². The van der Waals surface area contributed by atoms with E-state index in [1.54, 1.807) is 29.9 Å². The largest absolute Gasteiger partial charge is 0.492 e. The molecule has 1 unspecified atom stereocenters. The molecule has 8 nitrogen and oxygen atoms in total. The van der Waals surface area contributed by atoms with E-state index >= 15 is 0 Å². The van der Waals surface area contributed by atoms with Crippen molar-refractivity contribution >= 4 is 17.6 Å². The molecule has 33 heavy (non-hydrogen) atoms. The maximum Gasteiger partial charge on any atom is 0.343 e. The van der Waals surface area contributed by atoms with Crippen LogP contribution in [0.4, 0.5) is 0 Å². The third-order valence-corrected chi connectivity index (χ3v) is 6.57. The Bertz CT molecular complexity index is 1140. The molecule has 0 radical (unpaired) electrons. The van der Waals surface area contributed by atoms with Gasteiger partial charge in [-0.15, -0.1) is 0 Å². The van der Waals surface area contributed by atoms with Crippen LogP contribution in [-0.4, -0.2) is 51.2 Å². The van der Waals surface area contributed by atoms with Crippen LogP contribution in [0, 0.1) is 5.92 Å². The van der Waals surface area contributed by atoms with Crippen molar-refractivity contribution in [2.24, 2.45) is 5.92 Å². The minimum Gasteiger partial charge on any atom is -0.492 e. The fourth-order valence-electron chi connectivity index (χ4n) is 4.39. The molecular weight excluding hydrogens is 450 g/mol. The normalized spacial score (nSPS) is 19.2. The van der Waals surface area contributed by atoms with Crippen LogP contribution in [0.5, 0.6) is 11.5 Å². The van der Waals surface area contributed by atoms with Crippen molar-refractivity contribution in [2.75, 3.05) is 40.6 Å². The molecule has 1 aromatic heterocycles. The minimum absolute atomic E-state index is 0.0182. The van der Waals surface area contributed by atoms with Gasteiger partial charge >= 0.3 is 5.97 Å². The molecule has 2 aromatic rings. The van der Waals surface area contributed by atoms with Crippen molar-refractivity contribution in [3.63, 3.8) is 0 Å². The number of fused-ring (bicyclic) bond motifs is 3. The van der Waals surface area contributed by atoms with E-state index in [0.29, 0.717) is 42.9 Å². The number of rotatable bonds is 8. The molecule has 1 aliphatic carbocycles. The van der Waals surface area contributed by atoms with Crippen LogP contribution in [0.1, 0.15) is 47.3 Å². The van der Waals surface area contributed by atoms with Crippen molar-refractivity contribution in [1.29, 1.82) is 0 Å². The zero-order valence-corrected chi connectivity index (χ0v) is 19.4. The van der Waals surface area contributed by atoms with Gasteiger partial charge in [-0.2, -0.15) is 0 Å². The number of benzene rings is 1. The second-order valence-electron chi connectivity index (χ2n) is 8.57. The summed E-state index contributed by atoms with van der Waals surface area (Å²) in [5, 5.41) is 0.429. The van der Waals surface area contributed by atoms with Gasteiger partial charge in [-0.3, -0.25) is 4.79 Å². The number of nitrogens with zero attached hydrogens (tertiary/aromatic N) is 1. The van der Waals surface area contributed by atoms with Gasteiger partial charge in [-0.05, 0) is 25.0 Å². The molecule has 176 valence electrons. The van der Waals surface area contributed by atoms with E-state index in [9.17, 15) is 9.59 Å².